The minimum atomic E-state index is 0.199. The minimum absolute atomic E-state index is 0.199. The van der Waals surface area contributed by atoms with Crippen LogP contribution in [0.3, 0.4) is 0 Å². The molecule has 1 N–H and O–H groups in total. The number of likely N-dealkylation sites (tertiary alicyclic amines) is 1. The molecule has 4 aromatic heterocycles. The normalized spacial score (nSPS) is 19.0. The molecular formula is C23H26N8O. The number of anilines is 2. The summed E-state index contributed by atoms with van der Waals surface area (Å²) in [5, 5.41) is 20.9. The van der Waals surface area contributed by atoms with Crippen molar-refractivity contribution < 1.29 is 4.74 Å². The summed E-state index contributed by atoms with van der Waals surface area (Å²) in [5.74, 6) is 2.84. The fourth-order valence-electron chi connectivity index (χ4n) is 4.34. The maximum Gasteiger partial charge on any atom is 0.165 e. The van der Waals surface area contributed by atoms with E-state index in [-0.39, 0.29) is 6.10 Å². The average molecular weight is 431 g/mol. The highest BCUT2D eigenvalue weighted by Gasteiger charge is 2.25. The molecule has 1 aliphatic carbocycles. The lowest BCUT2D eigenvalue weighted by atomic mass is 10.1. The van der Waals surface area contributed by atoms with Crippen molar-refractivity contribution in [2.24, 2.45) is 7.05 Å². The van der Waals surface area contributed by atoms with Gasteiger partial charge >= 0.3 is 0 Å². The molecule has 4 aromatic rings. The van der Waals surface area contributed by atoms with Gasteiger partial charge in [0.2, 0.25) is 0 Å². The Morgan fingerprint density at radius 3 is 2.69 bits per heavy atom. The second-order valence-corrected chi connectivity index (χ2v) is 8.83. The first-order valence-electron chi connectivity index (χ1n) is 11.1. The number of hydrogen-bond donors (Lipinski definition) is 1. The van der Waals surface area contributed by atoms with Crippen molar-refractivity contribution in [2.75, 3.05) is 25.5 Å². The Hall–Kier alpha value is -3.46. The standard InChI is InChI=1S/C23H26N8O/c1-29-9-8-18(14-29)32-20-13-24-30(2)23(20)16-7-10-31-17(11-16)12-22(28-31)25-21-6-5-19(26-27-21)15-3-4-15/h5-7,10-13,15,18H,3-4,8-9,14H2,1-2H3,(H,25,27,28)/t18-/m0/s1. The summed E-state index contributed by atoms with van der Waals surface area (Å²) in [6, 6.07) is 10.2. The van der Waals surface area contributed by atoms with Crippen LogP contribution in [0.4, 0.5) is 11.6 Å². The molecule has 1 saturated carbocycles. The molecule has 9 heteroatoms. The van der Waals surface area contributed by atoms with E-state index in [0.29, 0.717) is 11.7 Å². The highest BCUT2D eigenvalue weighted by molar-refractivity contribution is 5.72. The van der Waals surface area contributed by atoms with Crippen LogP contribution in [0, 0.1) is 0 Å². The van der Waals surface area contributed by atoms with E-state index in [0.717, 1.165) is 53.5 Å². The van der Waals surface area contributed by atoms with Crippen LogP contribution >= 0.6 is 0 Å². The fourth-order valence-corrected chi connectivity index (χ4v) is 4.34. The van der Waals surface area contributed by atoms with Crippen LogP contribution in [0.2, 0.25) is 0 Å². The van der Waals surface area contributed by atoms with Gasteiger partial charge < -0.3 is 15.0 Å². The predicted octanol–water partition coefficient (Wildman–Crippen LogP) is 3.23. The molecule has 6 rings (SSSR count). The number of aryl methyl sites for hydroxylation is 1. The fraction of sp³-hybridized carbons (Fsp3) is 0.391. The molecule has 0 spiro atoms. The Bertz CT molecular complexity index is 1260. The molecule has 1 aliphatic heterocycles. The molecule has 0 aromatic carbocycles. The lowest BCUT2D eigenvalue weighted by molar-refractivity contribution is 0.209. The lowest BCUT2D eigenvalue weighted by Crippen LogP contribution is -2.21. The Labute approximate surface area is 186 Å². The Morgan fingerprint density at radius 1 is 1.03 bits per heavy atom. The average Bonchev–Trinajstić information content (AvgIpc) is 3.29. The molecule has 5 heterocycles. The first-order chi connectivity index (χ1) is 15.6. The Morgan fingerprint density at radius 2 is 1.94 bits per heavy atom. The maximum atomic E-state index is 6.30. The molecule has 1 atom stereocenters. The van der Waals surface area contributed by atoms with Gasteiger partial charge in [-0.15, -0.1) is 5.10 Å². The lowest BCUT2D eigenvalue weighted by Gasteiger charge is -2.14. The van der Waals surface area contributed by atoms with E-state index in [4.69, 9.17) is 4.74 Å². The molecule has 164 valence electrons. The first kappa shape index (κ1) is 19.2. The molecule has 9 nitrogen and oxygen atoms in total. The highest BCUT2D eigenvalue weighted by Crippen LogP contribution is 2.38. The molecule has 0 amide bonds. The van der Waals surface area contributed by atoms with Gasteiger partial charge in [-0.3, -0.25) is 4.68 Å². The molecular weight excluding hydrogens is 404 g/mol. The van der Waals surface area contributed by atoms with Crippen LogP contribution < -0.4 is 10.1 Å². The molecule has 0 unspecified atom stereocenters. The number of nitrogens with zero attached hydrogens (tertiary/aromatic N) is 7. The van der Waals surface area contributed by atoms with Crippen LogP contribution in [0.25, 0.3) is 16.8 Å². The summed E-state index contributed by atoms with van der Waals surface area (Å²) in [4.78, 5) is 2.29. The van der Waals surface area contributed by atoms with Crippen molar-refractivity contribution in [1.29, 1.82) is 0 Å². The number of pyridine rings is 1. The zero-order valence-corrected chi connectivity index (χ0v) is 18.3. The Balaban J connectivity index is 1.25. The van der Waals surface area contributed by atoms with Gasteiger partial charge in [0.05, 0.1) is 17.4 Å². The van der Waals surface area contributed by atoms with Crippen LogP contribution in [0.15, 0.2) is 42.7 Å². The molecule has 32 heavy (non-hydrogen) atoms. The summed E-state index contributed by atoms with van der Waals surface area (Å²) < 4.78 is 10.0. The number of rotatable bonds is 6. The van der Waals surface area contributed by atoms with Gasteiger partial charge in [0.1, 0.15) is 11.8 Å². The van der Waals surface area contributed by atoms with Crippen LogP contribution in [0.1, 0.15) is 30.9 Å². The van der Waals surface area contributed by atoms with Crippen molar-refractivity contribution in [2.45, 2.75) is 31.3 Å². The minimum Gasteiger partial charge on any atom is -0.485 e. The van der Waals surface area contributed by atoms with E-state index in [1.165, 1.54) is 12.8 Å². The number of nitrogens with one attached hydrogen (secondary N) is 1. The zero-order chi connectivity index (χ0) is 21.7. The third-order valence-electron chi connectivity index (χ3n) is 6.22. The molecule has 1 saturated heterocycles. The molecule has 0 bridgehead atoms. The van der Waals surface area contributed by atoms with Gasteiger partial charge in [0.15, 0.2) is 17.4 Å². The number of aromatic nitrogens is 6. The summed E-state index contributed by atoms with van der Waals surface area (Å²) >= 11 is 0. The van der Waals surface area contributed by atoms with Crippen LogP contribution in [-0.2, 0) is 7.05 Å². The van der Waals surface area contributed by atoms with Crippen LogP contribution in [0.5, 0.6) is 5.75 Å². The zero-order valence-electron chi connectivity index (χ0n) is 18.3. The molecule has 0 radical (unpaired) electrons. The Kier molecular flexibility index (Phi) is 4.57. The van der Waals surface area contributed by atoms with Crippen molar-refractivity contribution in [3.8, 4) is 17.0 Å². The number of likely N-dealkylation sites (N-methyl/N-ethyl adjacent to an activating group) is 1. The predicted molar refractivity (Wildman–Crippen MR) is 121 cm³/mol. The highest BCUT2D eigenvalue weighted by atomic mass is 16.5. The van der Waals surface area contributed by atoms with Gasteiger partial charge in [-0.25, -0.2) is 4.52 Å². The smallest absolute Gasteiger partial charge is 0.165 e. The summed E-state index contributed by atoms with van der Waals surface area (Å²) in [6.07, 6.45) is 7.44. The van der Waals surface area contributed by atoms with Gasteiger partial charge in [-0.1, -0.05) is 0 Å². The van der Waals surface area contributed by atoms with E-state index >= 15 is 0 Å². The van der Waals surface area contributed by atoms with E-state index < -0.39 is 0 Å². The largest absolute Gasteiger partial charge is 0.485 e. The van der Waals surface area contributed by atoms with Crippen molar-refractivity contribution in [3.05, 3.63) is 48.4 Å². The summed E-state index contributed by atoms with van der Waals surface area (Å²) in [5.41, 5.74) is 4.06. The van der Waals surface area contributed by atoms with Gasteiger partial charge in [-0.2, -0.15) is 15.3 Å². The van der Waals surface area contributed by atoms with E-state index in [2.05, 4.69) is 43.7 Å². The van der Waals surface area contributed by atoms with Gasteiger partial charge in [-0.05, 0) is 50.6 Å². The van der Waals surface area contributed by atoms with Crippen molar-refractivity contribution in [1.82, 2.24) is 34.5 Å². The first-order valence-corrected chi connectivity index (χ1v) is 11.1. The summed E-state index contributed by atoms with van der Waals surface area (Å²) in [6.45, 7) is 2.00. The topological polar surface area (TPSA) is 85.4 Å². The van der Waals surface area contributed by atoms with Crippen molar-refractivity contribution in [3.63, 3.8) is 0 Å². The van der Waals surface area contributed by atoms with E-state index in [1.807, 2.05) is 52.9 Å². The number of fused-ring (bicyclic) bond motifs is 1. The third kappa shape index (κ3) is 3.69. The quantitative estimate of drug-likeness (QED) is 0.503. The van der Waals surface area contributed by atoms with Gasteiger partial charge in [0, 0.05) is 43.9 Å². The molecule has 2 fully saturated rings. The summed E-state index contributed by atoms with van der Waals surface area (Å²) in [7, 11) is 4.07. The number of ether oxygens (including phenoxy) is 1. The second-order valence-electron chi connectivity index (χ2n) is 8.83. The van der Waals surface area contributed by atoms with E-state index in [9.17, 15) is 0 Å². The number of hydrogen-bond acceptors (Lipinski definition) is 7. The maximum absolute atomic E-state index is 6.30. The van der Waals surface area contributed by atoms with E-state index in [1.54, 1.807) is 0 Å². The van der Waals surface area contributed by atoms with Crippen molar-refractivity contribution >= 4 is 17.2 Å². The molecule has 2 aliphatic rings. The second kappa shape index (κ2) is 7.59. The van der Waals surface area contributed by atoms with Gasteiger partial charge in [0.25, 0.3) is 0 Å². The van der Waals surface area contributed by atoms with Crippen LogP contribution in [-0.4, -0.2) is 60.7 Å². The monoisotopic (exact) mass is 430 g/mol. The third-order valence-corrected chi connectivity index (χ3v) is 6.22. The SMILES string of the molecule is CN1CC[C@H](Oc2cnn(C)c2-c2ccn3nc(Nc4ccc(C5CC5)nn4)cc3c2)C1.